The van der Waals surface area contributed by atoms with Crippen molar-refractivity contribution in [2.75, 3.05) is 26.7 Å². The molecule has 3 aromatic heterocycles. The predicted octanol–water partition coefficient (Wildman–Crippen LogP) is 1.93. The molecule has 210 valence electrons. The minimum absolute atomic E-state index is 0.0730. The molecule has 11 heteroatoms. The van der Waals surface area contributed by atoms with Crippen molar-refractivity contribution in [1.29, 1.82) is 0 Å². The number of imidazole rings is 1. The predicted molar refractivity (Wildman–Crippen MR) is 151 cm³/mol. The molecule has 1 fully saturated rings. The van der Waals surface area contributed by atoms with E-state index in [9.17, 15) is 14.4 Å². The van der Waals surface area contributed by atoms with Gasteiger partial charge in [-0.3, -0.25) is 24.1 Å². The lowest BCUT2D eigenvalue weighted by Gasteiger charge is -2.30. The average molecular weight is 556 g/mol. The van der Waals surface area contributed by atoms with E-state index in [1.54, 1.807) is 27.8 Å². The van der Waals surface area contributed by atoms with Crippen LogP contribution in [0.4, 0.5) is 4.39 Å². The second-order valence-corrected chi connectivity index (χ2v) is 11.1. The second-order valence-electron chi connectivity index (χ2n) is 11.1. The minimum atomic E-state index is -0.605. The maximum absolute atomic E-state index is 15.6. The van der Waals surface area contributed by atoms with E-state index in [2.05, 4.69) is 20.9 Å². The average Bonchev–Trinajstić information content (AvgIpc) is 3.58. The number of rotatable bonds is 5. The standard InChI is InChI=1S/C30H30FN7O3/c1-36(15-17-7-9-32-10-8-17)30(41)21-16-38-23(31)12-20-19(6-5-18(13-33-21)27(20)38)25-26(29(40)35-28(25)39)22-14-34-24-4-2-3-11-37(22)24/h2-6,11-12,14,17,21,32-33H,7-10,13,15-16H2,1H3,(H,35,39,40). The molecule has 1 aromatic carbocycles. The summed E-state index contributed by atoms with van der Waals surface area (Å²) in [5.74, 6) is -1.20. The van der Waals surface area contributed by atoms with E-state index in [4.69, 9.17) is 0 Å². The molecule has 3 amide bonds. The molecule has 1 unspecified atom stereocenters. The summed E-state index contributed by atoms with van der Waals surface area (Å²) in [6.45, 7) is 3.06. The number of hydrogen-bond acceptors (Lipinski definition) is 6. The van der Waals surface area contributed by atoms with Gasteiger partial charge in [0.2, 0.25) is 5.91 Å². The smallest absolute Gasteiger partial charge is 0.261 e. The monoisotopic (exact) mass is 555 g/mol. The number of carbonyl (C=O) groups excluding carboxylic acids is 3. The highest BCUT2D eigenvalue weighted by Gasteiger charge is 2.36. The number of piperidine rings is 1. The number of pyridine rings is 1. The highest BCUT2D eigenvalue weighted by molar-refractivity contribution is 6.49. The molecule has 0 aliphatic carbocycles. The first-order valence-electron chi connectivity index (χ1n) is 13.9. The Morgan fingerprint density at radius 3 is 2.76 bits per heavy atom. The van der Waals surface area contributed by atoms with Crippen LogP contribution in [0, 0.1) is 11.9 Å². The molecule has 6 heterocycles. The number of nitrogens with zero attached hydrogens (tertiary/aromatic N) is 4. The Bertz CT molecular complexity index is 1760. The van der Waals surface area contributed by atoms with Crippen molar-refractivity contribution in [2.45, 2.75) is 32.0 Å². The first-order valence-corrected chi connectivity index (χ1v) is 13.9. The third-order valence-corrected chi connectivity index (χ3v) is 8.53. The van der Waals surface area contributed by atoms with Crippen LogP contribution in [0.3, 0.4) is 0 Å². The molecule has 0 spiro atoms. The fraction of sp³-hybridized carbons (Fsp3) is 0.333. The molecule has 10 nitrogen and oxygen atoms in total. The number of benzene rings is 1. The van der Waals surface area contributed by atoms with Gasteiger partial charge in [-0.2, -0.15) is 4.39 Å². The van der Waals surface area contributed by atoms with Crippen LogP contribution >= 0.6 is 0 Å². The number of fused-ring (bicyclic) bond motifs is 1. The van der Waals surface area contributed by atoms with Gasteiger partial charge in [0.1, 0.15) is 11.7 Å². The number of imide groups is 1. The second kappa shape index (κ2) is 9.93. The van der Waals surface area contributed by atoms with E-state index in [0.29, 0.717) is 46.8 Å². The third-order valence-electron chi connectivity index (χ3n) is 8.53. The van der Waals surface area contributed by atoms with Gasteiger partial charge in [-0.15, -0.1) is 0 Å². The van der Waals surface area contributed by atoms with Crippen LogP contribution in [-0.4, -0.2) is 69.3 Å². The first-order chi connectivity index (χ1) is 19.9. The zero-order valence-corrected chi connectivity index (χ0v) is 22.6. The zero-order valence-electron chi connectivity index (χ0n) is 22.6. The number of aromatic nitrogens is 3. The van der Waals surface area contributed by atoms with Crippen LogP contribution in [0.5, 0.6) is 0 Å². The van der Waals surface area contributed by atoms with Gasteiger partial charge in [0, 0.05) is 44.3 Å². The molecule has 3 aliphatic heterocycles. The number of carbonyl (C=O) groups is 3. The SMILES string of the molecule is CN(CC1CCNCC1)C(=O)C1Cn2c(F)cc3c(C4=C(c5cnc6ccccn56)C(=O)NC4=O)ccc(c32)CN1. The minimum Gasteiger partial charge on any atom is -0.344 e. The molecule has 3 aliphatic rings. The van der Waals surface area contributed by atoms with Gasteiger partial charge in [-0.1, -0.05) is 18.2 Å². The molecule has 41 heavy (non-hydrogen) atoms. The molecular weight excluding hydrogens is 525 g/mol. The number of halogens is 1. The lowest BCUT2D eigenvalue weighted by molar-refractivity contribution is -0.133. The van der Waals surface area contributed by atoms with E-state index in [1.165, 1.54) is 10.6 Å². The van der Waals surface area contributed by atoms with Crippen molar-refractivity contribution in [3.8, 4) is 0 Å². The summed E-state index contributed by atoms with van der Waals surface area (Å²) in [7, 11) is 1.81. The highest BCUT2D eigenvalue weighted by atomic mass is 19.1. The summed E-state index contributed by atoms with van der Waals surface area (Å²) in [6.07, 6.45) is 5.40. The molecule has 4 aromatic rings. The van der Waals surface area contributed by atoms with Gasteiger partial charge in [0.05, 0.1) is 28.6 Å². The zero-order chi connectivity index (χ0) is 28.2. The Balaban J connectivity index is 1.28. The fourth-order valence-electron chi connectivity index (χ4n) is 6.49. The van der Waals surface area contributed by atoms with Crippen molar-refractivity contribution >= 4 is 45.4 Å². The molecular formula is C30H30FN7O3. The Morgan fingerprint density at radius 1 is 1.12 bits per heavy atom. The van der Waals surface area contributed by atoms with Crippen molar-refractivity contribution in [2.24, 2.45) is 5.92 Å². The van der Waals surface area contributed by atoms with Crippen molar-refractivity contribution < 1.29 is 18.8 Å². The van der Waals surface area contributed by atoms with Gasteiger partial charge < -0.3 is 20.1 Å². The van der Waals surface area contributed by atoms with Crippen LogP contribution in [0.1, 0.15) is 29.7 Å². The fourth-order valence-corrected chi connectivity index (χ4v) is 6.49. The largest absolute Gasteiger partial charge is 0.344 e. The van der Waals surface area contributed by atoms with E-state index in [-0.39, 0.29) is 23.6 Å². The van der Waals surface area contributed by atoms with Gasteiger partial charge >= 0.3 is 0 Å². The van der Waals surface area contributed by atoms with Crippen LogP contribution < -0.4 is 16.0 Å². The highest BCUT2D eigenvalue weighted by Crippen LogP contribution is 2.38. The van der Waals surface area contributed by atoms with Gasteiger partial charge in [0.25, 0.3) is 11.8 Å². The van der Waals surface area contributed by atoms with E-state index in [1.807, 2.05) is 31.3 Å². The molecule has 0 radical (unpaired) electrons. The molecule has 7 rings (SSSR count). The number of nitrogens with one attached hydrogen (secondary N) is 3. The molecule has 0 saturated carbocycles. The molecule has 0 bridgehead atoms. The summed E-state index contributed by atoms with van der Waals surface area (Å²) in [6, 6.07) is 9.85. The number of amides is 3. The third kappa shape index (κ3) is 4.23. The summed E-state index contributed by atoms with van der Waals surface area (Å²) in [4.78, 5) is 45.9. The Labute approximate surface area is 235 Å². The molecule has 1 atom stereocenters. The molecule has 1 saturated heterocycles. The topological polar surface area (TPSA) is 113 Å². The van der Waals surface area contributed by atoms with E-state index < -0.39 is 23.8 Å². The van der Waals surface area contributed by atoms with Gasteiger partial charge in [-0.25, -0.2) is 4.98 Å². The van der Waals surface area contributed by atoms with Crippen LogP contribution in [0.15, 0.2) is 48.8 Å². The summed E-state index contributed by atoms with van der Waals surface area (Å²) in [5.41, 5.74) is 3.36. The summed E-state index contributed by atoms with van der Waals surface area (Å²) in [5, 5.41) is 9.61. The Kier molecular flexibility index (Phi) is 6.20. The lowest BCUT2D eigenvalue weighted by Crippen LogP contribution is -2.48. The van der Waals surface area contributed by atoms with Crippen molar-refractivity contribution in [1.82, 2.24) is 34.8 Å². The van der Waals surface area contributed by atoms with Crippen LogP contribution in [0.25, 0.3) is 27.7 Å². The normalized spacial score (nSPS) is 19.7. The lowest BCUT2D eigenvalue weighted by atomic mass is 9.95. The maximum atomic E-state index is 15.6. The van der Waals surface area contributed by atoms with Gasteiger partial charge in [-0.05, 0) is 55.1 Å². The summed E-state index contributed by atoms with van der Waals surface area (Å²) >= 11 is 0. The van der Waals surface area contributed by atoms with Crippen molar-refractivity contribution in [3.63, 3.8) is 0 Å². The van der Waals surface area contributed by atoms with Crippen molar-refractivity contribution in [3.05, 3.63) is 71.6 Å². The molecule has 3 N–H and O–H groups in total. The van der Waals surface area contributed by atoms with E-state index >= 15 is 4.39 Å². The van der Waals surface area contributed by atoms with E-state index in [0.717, 1.165) is 31.5 Å². The Morgan fingerprint density at radius 2 is 1.93 bits per heavy atom. The number of likely N-dealkylation sites (N-methyl/N-ethyl adjacent to an activating group) is 1. The quantitative estimate of drug-likeness (QED) is 0.325. The van der Waals surface area contributed by atoms with Gasteiger partial charge in [0.15, 0.2) is 5.95 Å². The number of hydrogen-bond donors (Lipinski definition) is 3. The van der Waals surface area contributed by atoms with Crippen LogP contribution in [0.2, 0.25) is 0 Å². The first kappa shape index (κ1) is 25.6. The maximum Gasteiger partial charge on any atom is 0.261 e. The van der Waals surface area contributed by atoms with Crippen LogP contribution in [-0.2, 0) is 27.5 Å². The Hall–Kier alpha value is -4.35. The summed E-state index contributed by atoms with van der Waals surface area (Å²) < 4.78 is 18.9.